The van der Waals surface area contributed by atoms with Crippen molar-refractivity contribution in [1.82, 2.24) is 5.43 Å². The lowest BCUT2D eigenvalue weighted by Gasteiger charge is -2.11. The van der Waals surface area contributed by atoms with Crippen molar-refractivity contribution < 1.29 is 9.47 Å². The summed E-state index contributed by atoms with van der Waals surface area (Å²) in [4.78, 5) is 0. The molecule has 0 atom stereocenters. The number of benzene rings is 2. The first-order valence-electron chi connectivity index (χ1n) is 6.70. The second kappa shape index (κ2) is 8.50. The van der Waals surface area contributed by atoms with Gasteiger partial charge in [0.15, 0.2) is 5.11 Å². The number of methoxy groups -OCH3 is 2. The number of nitrogens with one attached hydrogen (secondary N) is 2. The monoisotopic (exact) mass is 393 g/mol. The third-order valence-corrected chi connectivity index (χ3v) is 3.60. The molecule has 0 fully saturated rings. The molecule has 2 aromatic carbocycles. The number of anilines is 1. The van der Waals surface area contributed by atoms with Crippen LogP contribution in [0.2, 0.25) is 0 Å². The molecule has 0 bridgehead atoms. The zero-order chi connectivity index (χ0) is 16.7. The van der Waals surface area contributed by atoms with Gasteiger partial charge in [0.2, 0.25) is 0 Å². The third kappa shape index (κ3) is 4.94. The van der Waals surface area contributed by atoms with E-state index in [-0.39, 0.29) is 0 Å². The second-order valence-electron chi connectivity index (χ2n) is 4.41. The highest BCUT2D eigenvalue weighted by molar-refractivity contribution is 9.10. The summed E-state index contributed by atoms with van der Waals surface area (Å²) in [5.74, 6) is 1.43. The van der Waals surface area contributed by atoms with Gasteiger partial charge in [-0.2, -0.15) is 5.10 Å². The Morgan fingerprint density at radius 3 is 2.61 bits per heavy atom. The van der Waals surface area contributed by atoms with Crippen molar-refractivity contribution in [3.63, 3.8) is 0 Å². The van der Waals surface area contributed by atoms with Crippen LogP contribution in [0.4, 0.5) is 5.69 Å². The molecule has 0 aliphatic heterocycles. The molecule has 0 saturated heterocycles. The van der Waals surface area contributed by atoms with Gasteiger partial charge in [-0.25, -0.2) is 0 Å². The van der Waals surface area contributed by atoms with Crippen molar-refractivity contribution in [2.24, 2.45) is 5.10 Å². The standard InChI is InChI=1S/C16H16BrN3O2S/c1-21-14-8-7-12(17)9-11(14)10-18-20-16(23)19-13-5-3-4-6-15(13)22-2/h3-10H,1-2H3,(H2,19,20,23). The molecule has 2 N–H and O–H groups in total. The fourth-order valence-corrected chi connectivity index (χ4v) is 2.41. The molecule has 0 saturated carbocycles. The Labute approximate surface area is 148 Å². The van der Waals surface area contributed by atoms with Crippen molar-refractivity contribution in [2.45, 2.75) is 0 Å². The van der Waals surface area contributed by atoms with Crippen molar-refractivity contribution in [1.29, 1.82) is 0 Å². The lowest BCUT2D eigenvalue weighted by Crippen LogP contribution is -2.24. The van der Waals surface area contributed by atoms with Crippen LogP contribution in [0.15, 0.2) is 52.0 Å². The van der Waals surface area contributed by atoms with Crippen molar-refractivity contribution in [2.75, 3.05) is 19.5 Å². The maximum atomic E-state index is 5.28. The lowest BCUT2D eigenvalue weighted by atomic mass is 10.2. The van der Waals surface area contributed by atoms with E-state index in [2.05, 4.69) is 31.8 Å². The van der Waals surface area contributed by atoms with Gasteiger partial charge in [0.05, 0.1) is 26.1 Å². The van der Waals surface area contributed by atoms with Gasteiger partial charge >= 0.3 is 0 Å². The third-order valence-electron chi connectivity index (χ3n) is 2.92. The zero-order valence-corrected chi connectivity index (χ0v) is 15.1. The summed E-state index contributed by atoms with van der Waals surface area (Å²) in [5.41, 5.74) is 4.36. The van der Waals surface area contributed by atoms with Crippen LogP contribution in [0.5, 0.6) is 11.5 Å². The van der Waals surface area contributed by atoms with E-state index in [0.717, 1.165) is 21.5 Å². The summed E-state index contributed by atoms with van der Waals surface area (Å²) in [6.07, 6.45) is 1.64. The summed E-state index contributed by atoms with van der Waals surface area (Å²) in [5, 5.41) is 7.51. The van der Waals surface area contributed by atoms with Gasteiger partial charge in [-0.15, -0.1) is 0 Å². The Morgan fingerprint density at radius 1 is 1.13 bits per heavy atom. The van der Waals surface area contributed by atoms with E-state index in [0.29, 0.717) is 10.9 Å². The first-order valence-corrected chi connectivity index (χ1v) is 7.90. The number of hydrazone groups is 1. The maximum Gasteiger partial charge on any atom is 0.191 e. The van der Waals surface area contributed by atoms with E-state index in [4.69, 9.17) is 21.7 Å². The molecule has 0 aliphatic rings. The molecule has 5 nitrogen and oxygen atoms in total. The molecule has 23 heavy (non-hydrogen) atoms. The minimum atomic E-state index is 0.361. The van der Waals surface area contributed by atoms with E-state index < -0.39 is 0 Å². The molecule has 0 amide bonds. The fourth-order valence-electron chi connectivity index (χ4n) is 1.86. The molecule has 0 aromatic heterocycles. The van der Waals surface area contributed by atoms with Crippen molar-refractivity contribution in [3.05, 3.63) is 52.5 Å². The van der Waals surface area contributed by atoms with Crippen LogP contribution >= 0.6 is 28.1 Å². The molecule has 0 aliphatic carbocycles. The van der Waals surface area contributed by atoms with Crippen LogP contribution in [-0.4, -0.2) is 25.5 Å². The number of ether oxygens (including phenoxy) is 2. The van der Waals surface area contributed by atoms with Gasteiger partial charge in [-0.05, 0) is 42.5 Å². The van der Waals surface area contributed by atoms with Gasteiger partial charge in [-0.3, -0.25) is 5.43 Å². The normalized spacial score (nSPS) is 10.4. The van der Waals surface area contributed by atoms with Crippen LogP contribution in [0.1, 0.15) is 5.56 Å². The average Bonchev–Trinajstić information content (AvgIpc) is 2.55. The largest absolute Gasteiger partial charge is 0.496 e. The smallest absolute Gasteiger partial charge is 0.191 e. The number of para-hydroxylation sites is 2. The minimum absolute atomic E-state index is 0.361. The average molecular weight is 394 g/mol. The van der Waals surface area contributed by atoms with Crippen LogP contribution in [0.3, 0.4) is 0 Å². The van der Waals surface area contributed by atoms with Crippen LogP contribution < -0.4 is 20.2 Å². The Bertz CT molecular complexity index is 722. The highest BCUT2D eigenvalue weighted by Crippen LogP contribution is 2.23. The maximum absolute atomic E-state index is 5.28. The van der Waals surface area contributed by atoms with E-state index in [1.165, 1.54) is 0 Å². The van der Waals surface area contributed by atoms with E-state index in [1.54, 1.807) is 20.4 Å². The summed E-state index contributed by atoms with van der Waals surface area (Å²) in [6.45, 7) is 0. The first-order chi connectivity index (χ1) is 11.1. The number of hydrogen-bond acceptors (Lipinski definition) is 4. The highest BCUT2D eigenvalue weighted by Gasteiger charge is 2.03. The van der Waals surface area contributed by atoms with Gasteiger partial charge in [0.1, 0.15) is 11.5 Å². The molecule has 0 spiro atoms. The van der Waals surface area contributed by atoms with Crippen LogP contribution in [-0.2, 0) is 0 Å². The van der Waals surface area contributed by atoms with E-state index in [1.807, 2.05) is 42.5 Å². The lowest BCUT2D eigenvalue weighted by molar-refractivity contribution is 0.414. The van der Waals surface area contributed by atoms with Gasteiger partial charge in [-0.1, -0.05) is 28.1 Å². The fraction of sp³-hybridized carbons (Fsp3) is 0.125. The predicted octanol–water partition coefficient (Wildman–Crippen LogP) is 3.79. The Morgan fingerprint density at radius 2 is 1.87 bits per heavy atom. The number of rotatable bonds is 5. The van der Waals surface area contributed by atoms with Gasteiger partial charge < -0.3 is 14.8 Å². The first kappa shape index (κ1) is 17.2. The van der Waals surface area contributed by atoms with Gasteiger partial charge in [0, 0.05) is 10.0 Å². The quantitative estimate of drug-likeness (QED) is 0.459. The highest BCUT2D eigenvalue weighted by atomic mass is 79.9. The zero-order valence-electron chi connectivity index (χ0n) is 12.7. The topological polar surface area (TPSA) is 54.9 Å². The molecular weight excluding hydrogens is 378 g/mol. The number of thiocarbonyl (C=S) groups is 1. The summed E-state index contributed by atoms with van der Waals surface area (Å²) < 4.78 is 11.5. The predicted molar refractivity (Wildman–Crippen MR) is 101 cm³/mol. The van der Waals surface area contributed by atoms with Crippen molar-refractivity contribution in [3.8, 4) is 11.5 Å². The molecular formula is C16H16BrN3O2S. The number of halogens is 1. The molecule has 7 heteroatoms. The summed E-state index contributed by atoms with van der Waals surface area (Å²) in [6, 6.07) is 13.2. The summed E-state index contributed by atoms with van der Waals surface area (Å²) >= 11 is 8.63. The number of hydrogen-bond donors (Lipinski definition) is 2. The van der Waals surface area contributed by atoms with Crippen LogP contribution in [0.25, 0.3) is 0 Å². The van der Waals surface area contributed by atoms with Crippen molar-refractivity contribution >= 4 is 45.2 Å². The van der Waals surface area contributed by atoms with E-state index in [9.17, 15) is 0 Å². The molecule has 2 aromatic rings. The Balaban J connectivity index is 2.00. The summed E-state index contributed by atoms with van der Waals surface area (Å²) in [7, 11) is 3.22. The molecule has 120 valence electrons. The Hall–Kier alpha value is -2.12. The molecule has 0 radical (unpaired) electrons. The molecule has 2 rings (SSSR count). The van der Waals surface area contributed by atoms with Gasteiger partial charge in [0.25, 0.3) is 0 Å². The molecule has 0 heterocycles. The molecule has 0 unspecified atom stereocenters. The van der Waals surface area contributed by atoms with E-state index >= 15 is 0 Å². The minimum Gasteiger partial charge on any atom is -0.496 e. The Kier molecular flexibility index (Phi) is 6.37. The van der Waals surface area contributed by atoms with Crippen LogP contribution in [0, 0.1) is 0 Å². The second-order valence-corrected chi connectivity index (χ2v) is 5.73. The number of nitrogens with zero attached hydrogens (tertiary/aromatic N) is 1. The SMILES string of the molecule is COc1ccc(Br)cc1C=NNC(=S)Nc1ccccc1OC.